The number of nitrogens with zero attached hydrogens (tertiary/aromatic N) is 4. The van der Waals surface area contributed by atoms with Crippen molar-refractivity contribution < 1.29 is 0 Å². The lowest BCUT2D eigenvalue weighted by Crippen LogP contribution is -1.99. The molecule has 0 fully saturated rings. The SMILES string of the molecule is [C-]#[N+]c1c(C)c(C)c(C)c(C#N)c1-c1cc2c3cc4c(cc3c(-c3c(C#N)c(C)c(C)c(C)c3[N+]#[C-])cc2c2cc3c(cc12)-c1cccc2cccc-3c12)-c1cccc2cccc-4c12. The predicted molar refractivity (Wildman–Crippen MR) is 264 cm³/mol. The van der Waals surface area contributed by atoms with E-state index in [9.17, 15) is 10.5 Å². The van der Waals surface area contributed by atoms with Gasteiger partial charge in [0, 0.05) is 11.1 Å². The molecule has 0 bridgehead atoms. The highest BCUT2D eigenvalue weighted by molar-refractivity contribution is 6.30. The molecule has 0 amide bonds. The highest BCUT2D eigenvalue weighted by Crippen LogP contribution is 2.56. The molecule has 12 rings (SSSR count). The van der Waals surface area contributed by atoms with Crippen LogP contribution in [0, 0.1) is 77.3 Å². The van der Waals surface area contributed by atoms with Gasteiger partial charge in [0.25, 0.3) is 0 Å². The lowest BCUT2D eigenvalue weighted by Gasteiger charge is -2.22. The topological polar surface area (TPSA) is 56.3 Å². The van der Waals surface area contributed by atoms with Gasteiger partial charge in [-0.25, -0.2) is 9.69 Å². The van der Waals surface area contributed by atoms with Crippen LogP contribution in [0.1, 0.15) is 44.5 Å². The molecule has 0 aromatic heterocycles. The molecule has 64 heavy (non-hydrogen) atoms. The van der Waals surface area contributed by atoms with Crippen LogP contribution in [-0.2, 0) is 0 Å². The van der Waals surface area contributed by atoms with Gasteiger partial charge < -0.3 is 0 Å². The van der Waals surface area contributed by atoms with Gasteiger partial charge in [0.1, 0.15) is 0 Å². The molecule has 0 N–H and O–H groups in total. The van der Waals surface area contributed by atoms with Gasteiger partial charge in [-0.3, -0.25) is 0 Å². The summed E-state index contributed by atoms with van der Waals surface area (Å²) in [7, 11) is 0. The first kappa shape index (κ1) is 37.2. The van der Waals surface area contributed by atoms with Crippen molar-refractivity contribution in [3.63, 3.8) is 0 Å². The van der Waals surface area contributed by atoms with Gasteiger partial charge in [-0.05, 0) is 210 Å². The van der Waals surface area contributed by atoms with Gasteiger partial charge >= 0.3 is 0 Å². The van der Waals surface area contributed by atoms with Gasteiger partial charge in [-0.2, -0.15) is 10.5 Å². The summed E-state index contributed by atoms with van der Waals surface area (Å²) in [5.41, 5.74) is 19.5. The molecule has 10 aromatic carbocycles. The Hall–Kier alpha value is -8.54. The molecule has 0 spiro atoms. The standard InChI is InChI=1S/C60H36N4/c1-29-31(3)53(27-61)57(59(63-7)33(29)5)51-25-47-46-22-42-38-18-10-14-36-16-12-20-40(56(36)38)44(42)24-50(46)52(58-54(28-62)32(4)30(2)34(6)60(58)64-8)26-48(47)45-21-41-37-17-9-13-35-15-11-19-39(55(35)37)43(41)23-49(45)51/h9-26H,1-6H3. The number of hydrogen-bond donors (Lipinski definition) is 0. The second kappa shape index (κ2) is 13.0. The van der Waals surface area contributed by atoms with Gasteiger partial charge in [0.05, 0.1) is 36.4 Å². The summed E-state index contributed by atoms with van der Waals surface area (Å²) in [5.74, 6) is 0. The van der Waals surface area contributed by atoms with Crippen LogP contribution >= 0.6 is 0 Å². The Labute approximate surface area is 371 Å². The first-order chi connectivity index (χ1) is 31.1. The molecule has 296 valence electrons. The maximum atomic E-state index is 11.0. The molecule has 0 atom stereocenters. The second-order valence-electron chi connectivity index (χ2n) is 17.6. The first-order valence-corrected chi connectivity index (χ1v) is 21.5. The molecular formula is C60H36N4. The van der Waals surface area contributed by atoms with Gasteiger partial charge in [-0.1, -0.05) is 83.9 Å². The average Bonchev–Trinajstić information content (AvgIpc) is 3.81. The van der Waals surface area contributed by atoms with Gasteiger partial charge in [-0.15, -0.1) is 0 Å². The summed E-state index contributed by atoms with van der Waals surface area (Å²) in [4.78, 5) is 8.38. The number of hydrogen-bond acceptors (Lipinski definition) is 2. The predicted octanol–water partition coefficient (Wildman–Crippen LogP) is 16.8. The Morgan fingerprint density at radius 3 is 0.969 bits per heavy atom. The molecule has 2 aliphatic carbocycles. The van der Waals surface area contributed by atoms with Crippen LogP contribution in [0.15, 0.2) is 109 Å². The van der Waals surface area contributed by atoms with Crippen LogP contribution in [0.4, 0.5) is 11.4 Å². The molecule has 0 unspecified atom stereocenters. The minimum absolute atomic E-state index is 0.487. The molecule has 2 aliphatic rings. The smallest absolute Gasteiger partial charge is 0.199 e. The molecule has 0 heterocycles. The van der Waals surface area contributed by atoms with E-state index in [0.29, 0.717) is 33.6 Å². The third kappa shape index (κ3) is 4.57. The maximum absolute atomic E-state index is 11.0. The summed E-state index contributed by atoms with van der Waals surface area (Å²) in [6.07, 6.45) is 0. The lowest BCUT2D eigenvalue weighted by atomic mass is 9.81. The van der Waals surface area contributed by atoms with Crippen molar-refractivity contribution in [3.05, 3.63) is 177 Å². The van der Waals surface area contributed by atoms with E-state index in [0.717, 1.165) is 110 Å². The van der Waals surface area contributed by atoms with Crippen molar-refractivity contribution in [2.24, 2.45) is 0 Å². The van der Waals surface area contributed by atoms with Gasteiger partial charge in [0.2, 0.25) is 0 Å². The Morgan fingerprint density at radius 1 is 0.359 bits per heavy atom. The van der Waals surface area contributed by atoms with E-state index < -0.39 is 0 Å². The number of benzene rings is 10. The fraction of sp³-hybridized carbons (Fsp3) is 0.100. The Balaban J connectivity index is 1.35. The van der Waals surface area contributed by atoms with Crippen LogP contribution in [0.3, 0.4) is 0 Å². The zero-order valence-corrected chi connectivity index (χ0v) is 36.2. The fourth-order valence-electron chi connectivity index (χ4n) is 11.4. The Bertz CT molecular complexity index is 3750. The fourth-order valence-corrected chi connectivity index (χ4v) is 11.4. The van der Waals surface area contributed by atoms with E-state index >= 15 is 0 Å². The average molecular weight is 813 g/mol. The van der Waals surface area contributed by atoms with E-state index in [1.54, 1.807) is 0 Å². The van der Waals surface area contributed by atoms with Crippen LogP contribution in [0.5, 0.6) is 0 Å². The minimum Gasteiger partial charge on any atom is -0.237 e. The van der Waals surface area contributed by atoms with Crippen molar-refractivity contribution >= 4 is 65.2 Å². The first-order valence-electron chi connectivity index (χ1n) is 21.5. The van der Waals surface area contributed by atoms with Crippen molar-refractivity contribution in [2.75, 3.05) is 0 Å². The van der Waals surface area contributed by atoms with Crippen LogP contribution < -0.4 is 0 Å². The largest absolute Gasteiger partial charge is 0.237 e. The second-order valence-corrected chi connectivity index (χ2v) is 17.6. The van der Waals surface area contributed by atoms with E-state index in [1.807, 2.05) is 41.5 Å². The van der Waals surface area contributed by atoms with Crippen molar-refractivity contribution in [3.8, 4) is 78.9 Å². The van der Waals surface area contributed by atoms with E-state index in [4.69, 9.17) is 13.1 Å². The Kier molecular flexibility index (Phi) is 7.56. The Morgan fingerprint density at radius 2 is 0.656 bits per heavy atom. The van der Waals surface area contributed by atoms with Crippen molar-refractivity contribution in [2.45, 2.75) is 41.5 Å². The van der Waals surface area contributed by atoms with Crippen LogP contribution in [0.2, 0.25) is 0 Å². The molecule has 0 saturated carbocycles. The molecule has 10 aromatic rings. The third-order valence-corrected chi connectivity index (χ3v) is 15.0. The molecule has 4 heteroatoms. The number of fused-ring (bicyclic) bond motifs is 11. The third-order valence-electron chi connectivity index (χ3n) is 15.0. The van der Waals surface area contributed by atoms with E-state index in [1.165, 1.54) is 32.7 Å². The molecule has 0 radical (unpaired) electrons. The summed E-state index contributed by atoms with van der Waals surface area (Å²) in [6.45, 7) is 29.2. The zero-order valence-electron chi connectivity index (χ0n) is 36.2. The zero-order chi connectivity index (χ0) is 44.0. The quantitative estimate of drug-likeness (QED) is 0.129. The molecule has 0 aliphatic heterocycles. The monoisotopic (exact) mass is 812 g/mol. The summed E-state index contributed by atoms with van der Waals surface area (Å²) in [6, 6.07) is 44.7. The van der Waals surface area contributed by atoms with Crippen molar-refractivity contribution in [1.82, 2.24) is 0 Å². The van der Waals surface area contributed by atoms with Crippen LogP contribution in [-0.4, -0.2) is 0 Å². The summed E-state index contributed by atoms with van der Waals surface area (Å²) >= 11 is 0. The van der Waals surface area contributed by atoms with Crippen LogP contribution in [0.25, 0.3) is 130 Å². The summed E-state index contributed by atoms with van der Waals surface area (Å²) < 4.78 is 0. The van der Waals surface area contributed by atoms with Gasteiger partial charge in [0.15, 0.2) is 11.4 Å². The molecular weight excluding hydrogens is 777 g/mol. The number of nitriles is 2. The highest BCUT2D eigenvalue weighted by atomic mass is 14.7. The minimum atomic E-state index is 0.487. The maximum Gasteiger partial charge on any atom is 0.199 e. The normalized spacial score (nSPS) is 11.8. The van der Waals surface area contributed by atoms with E-state index in [-0.39, 0.29) is 0 Å². The lowest BCUT2D eigenvalue weighted by molar-refractivity contribution is 1.25. The van der Waals surface area contributed by atoms with Crippen molar-refractivity contribution in [1.29, 1.82) is 10.5 Å². The number of rotatable bonds is 2. The van der Waals surface area contributed by atoms with E-state index in [2.05, 4.69) is 131 Å². The molecule has 4 nitrogen and oxygen atoms in total. The molecule has 0 saturated heterocycles. The summed E-state index contributed by atoms with van der Waals surface area (Å²) in [5, 5.41) is 32.6. The highest BCUT2D eigenvalue weighted by Gasteiger charge is 2.30.